The second kappa shape index (κ2) is 6.37. The monoisotopic (exact) mass is 299 g/mol. The molecule has 112 valence electrons. The van der Waals surface area contributed by atoms with Gasteiger partial charge in [-0.15, -0.1) is 0 Å². The number of hydrogen-bond donors (Lipinski definition) is 2. The normalized spacial score (nSPS) is 14.8. The highest BCUT2D eigenvalue weighted by atomic mass is 32.2. The van der Waals surface area contributed by atoms with E-state index in [9.17, 15) is 18.3 Å². The fourth-order valence-electron chi connectivity index (χ4n) is 1.98. The zero-order valence-corrected chi connectivity index (χ0v) is 13.0. The largest absolute Gasteiger partial charge is 0.480 e. The lowest BCUT2D eigenvalue weighted by atomic mass is 10.0. The first-order valence-electron chi connectivity index (χ1n) is 6.51. The van der Waals surface area contributed by atoms with Gasteiger partial charge in [-0.1, -0.05) is 38.0 Å². The zero-order valence-electron chi connectivity index (χ0n) is 12.2. The van der Waals surface area contributed by atoms with Gasteiger partial charge in [-0.25, -0.2) is 8.42 Å². The maximum Gasteiger partial charge on any atom is 0.322 e. The molecule has 2 unspecified atom stereocenters. The third-order valence-electron chi connectivity index (χ3n) is 3.38. The van der Waals surface area contributed by atoms with E-state index < -0.39 is 22.0 Å². The van der Waals surface area contributed by atoms with Gasteiger partial charge in [0.05, 0.1) is 4.90 Å². The van der Waals surface area contributed by atoms with Crippen LogP contribution in [-0.2, 0) is 14.8 Å². The molecule has 1 rings (SSSR count). The van der Waals surface area contributed by atoms with E-state index in [1.165, 1.54) is 6.07 Å². The number of carbonyl (C=O) groups is 1. The van der Waals surface area contributed by atoms with Crippen LogP contribution < -0.4 is 4.72 Å². The molecule has 0 aliphatic heterocycles. The van der Waals surface area contributed by atoms with Crippen LogP contribution in [0.5, 0.6) is 0 Å². The summed E-state index contributed by atoms with van der Waals surface area (Å²) in [5.41, 5.74) is 1.56. The Morgan fingerprint density at radius 2 is 1.95 bits per heavy atom. The molecular weight excluding hydrogens is 278 g/mol. The Bertz CT molecular complexity index is 595. The average molecular weight is 299 g/mol. The molecule has 0 aliphatic carbocycles. The zero-order chi connectivity index (χ0) is 15.5. The quantitative estimate of drug-likeness (QED) is 0.842. The molecule has 1 aromatic carbocycles. The minimum atomic E-state index is -3.84. The van der Waals surface area contributed by atoms with Crippen molar-refractivity contribution in [2.24, 2.45) is 5.92 Å². The molecule has 20 heavy (non-hydrogen) atoms. The lowest BCUT2D eigenvalue weighted by molar-refractivity contribution is -0.140. The number of aryl methyl sites for hydroxylation is 2. The van der Waals surface area contributed by atoms with Crippen molar-refractivity contribution in [3.8, 4) is 0 Å². The molecule has 0 fully saturated rings. The van der Waals surface area contributed by atoms with Crippen molar-refractivity contribution in [3.05, 3.63) is 29.3 Å². The average Bonchev–Trinajstić information content (AvgIpc) is 2.34. The highest BCUT2D eigenvalue weighted by Gasteiger charge is 2.29. The number of benzene rings is 1. The minimum Gasteiger partial charge on any atom is -0.480 e. The summed E-state index contributed by atoms with van der Waals surface area (Å²) in [7, 11) is -3.84. The lowest BCUT2D eigenvalue weighted by Crippen LogP contribution is -2.45. The van der Waals surface area contributed by atoms with Crippen LogP contribution in [0.1, 0.15) is 31.4 Å². The molecule has 0 bridgehead atoms. The fraction of sp³-hybridized carbons (Fsp3) is 0.500. The number of sulfonamides is 1. The summed E-state index contributed by atoms with van der Waals surface area (Å²) in [4.78, 5) is 11.3. The number of aliphatic carboxylic acids is 1. The molecule has 0 radical (unpaired) electrons. The first kappa shape index (κ1) is 16.7. The van der Waals surface area contributed by atoms with Crippen LogP contribution in [0.4, 0.5) is 0 Å². The second-order valence-corrected chi connectivity index (χ2v) is 6.77. The Labute approximate surface area is 120 Å². The molecule has 6 heteroatoms. The van der Waals surface area contributed by atoms with Crippen LogP contribution in [0.2, 0.25) is 0 Å². The van der Waals surface area contributed by atoms with Gasteiger partial charge in [0.15, 0.2) is 0 Å². The number of carboxylic acids is 1. The molecule has 0 aromatic heterocycles. The van der Waals surface area contributed by atoms with E-state index in [2.05, 4.69) is 4.72 Å². The number of hydrogen-bond acceptors (Lipinski definition) is 3. The van der Waals surface area contributed by atoms with E-state index in [4.69, 9.17) is 0 Å². The summed E-state index contributed by atoms with van der Waals surface area (Å²) in [5.74, 6) is -1.44. The summed E-state index contributed by atoms with van der Waals surface area (Å²) in [6.07, 6.45) is 0.576. The van der Waals surface area contributed by atoms with Crippen LogP contribution in [-0.4, -0.2) is 25.5 Å². The van der Waals surface area contributed by atoms with E-state index in [1.807, 2.05) is 13.8 Å². The van der Waals surface area contributed by atoms with E-state index in [0.717, 1.165) is 5.56 Å². The summed E-state index contributed by atoms with van der Waals surface area (Å²) >= 11 is 0. The van der Waals surface area contributed by atoms with Crippen LogP contribution in [0.25, 0.3) is 0 Å². The van der Waals surface area contributed by atoms with E-state index >= 15 is 0 Å². The highest BCUT2D eigenvalue weighted by molar-refractivity contribution is 7.89. The predicted molar refractivity (Wildman–Crippen MR) is 77.1 cm³/mol. The van der Waals surface area contributed by atoms with Crippen molar-refractivity contribution in [2.75, 3.05) is 0 Å². The van der Waals surface area contributed by atoms with Gasteiger partial charge in [0.1, 0.15) is 6.04 Å². The SMILES string of the molecule is CCC(C)C(NS(=O)(=O)c1ccc(C)cc1C)C(=O)O. The van der Waals surface area contributed by atoms with Crippen LogP contribution >= 0.6 is 0 Å². The molecule has 1 aromatic rings. The van der Waals surface area contributed by atoms with Gasteiger partial charge >= 0.3 is 5.97 Å². The molecule has 0 saturated heterocycles. The van der Waals surface area contributed by atoms with Crippen LogP contribution in [0.3, 0.4) is 0 Å². The van der Waals surface area contributed by atoms with Crippen molar-refractivity contribution in [3.63, 3.8) is 0 Å². The first-order valence-corrected chi connectivity index (χ1v) is 7.99. The minimum absolute atomic E-state index is 0.123. The molecule has 0 heterocycles. The maximum absolute atomic E-state index is 12.3. The number of carboxylic acid groups (broad SMARTS) is 1. The van der Waals surface area contributed by atoms with Crippen molar-refractivity contribution in [2.45, 2.75) is 45.1 Å². The van der Waals surface area contributed by atoms with Gasteiger partial charge in [0.25, 0.3) is 0 Å². The Hall–Kier alpha value is -1.40. The van der Waals surface area contributed by atoms with Crippen LogP contribution in [0.15, 0.2) is 23.1 Å². The van der Waals surface area contributed by atoms with Gasteiger partial charge in [-0.2, -0.15) is 4.72 Å². The van der Waals surface area contributed by atoms with Gasteiger partial charge in [-0.3, -0.25) is 4.79 Å². The third-order valence-corrected chi connectivity index (χ3v) is 4.98. The Morgan fingerprint density at radius 1 is 1.35 bits per heavy atom. The molecule has 5 nitrogen and oxygen atoms in total. The van der Waals surface area contributed by atoms with Crippen molar-refractivity contribution >= 4 is 16.0 Å². The van der Waals surface area contributed by atoms with Gasteiger partial charge in [0, 0.05) is 0 Å². The summed E-state index contributed by atoms with van der Waals surface area (Å²) in [6, 6.07) is 3.84. The maximum atomic E-state index is 12.3. The predicted octanol–water partition coefficient (Wildman–Crippen LogP) is 2.08. The van der Waals surface area contributed by atoms with Crippen molar-refractivity contribution in [1.82, 2.24) is 4.72 Å². The smallest absolute Gasteiger partial charge is 0.322 e. The Balaban J connectivity index is 3.13. The molecule has 0 spiro atoms. The lowest BCUT2D eigenvalue weighted by Gasteiger charge is -2.20. The Kier molecular flexibility index (Phi) is 5.30. The highest BCUT2D eigenvalue weighted by Crippen LogP contribution is 2.18. The number of nitrogens with one attached hydrogen (secondary N) is 1. The van der Waals surface area contributed by atoms with Crippen molar-refractivity contribution < 1.29 is 18.3 Å². The van der Waals surface area contributed by atoms with E-state index in [1.54, 1.807) is 26.0 Å². The molecule has 2 atom stereocenters. The molecule has 0 aliphatic rings. The molecule has 0 amide bonds. The second-order valence-electron chi connectivity index (χ2n) is 5.09. The van der Waals surface area contributed by atoms with Gasteiger partial charge < -0.3 is 5.11 Å². The van der Waals surface area contributed by atoms with Crippen molar-refractivity contribution in [1.29, 1.82) is 0 Å². The standard InChI is InChI=1S/C14H21NO4S/c1-5-10(3)13(14(16)17)15-20(18,19)12-7-6-9(2)8-11(12)4/h6-8,10,13,15H,5H2,1-4H3,(H,16,17). The molecule has 0 saturated carbocycles. The van der Waals surface area contributed by atoms with Gasteiger partial charge in [-0.05, 0) is 31.4 Å². The van der Waals surface area contributed by atoms with E-state index in [-0.39, 0.29) is 10.8 Å². The first-order chi connectivity index (χ1) is 9.19. The molecular formula is C14H21NO4S. The number of rotatable bonds is 6. The van der Waals surface area contributed by atoms with Gasteiger partial charge in [0.2, 0.25) is 10.0 Å². The topological polar surface area (TPSA) is 83.5 Å². The summed E-state index contributed by atoms with van der Waals surface area (Å²) in [5, 5.41) is 9.17. The summed E-state index contributed by atoms with van der Waals surface area (Å²) in [6.45, 7) is 7.10. The summed E-state index contributed by atoms with van der Waals surface area (Å²) < 4.78 is 26.9. The Morgan fingerprint density at radius 3 is 2.40 bits per heavy atom. The fourth-order valence-corrected chi connectivity index (χ4v) is 3.50. The van der Waals surface area contributed by atoms with E-state index in [0.29, 0.717) is 12.0 Å². The van der Waals surface area contributed by atoms with Crippen LogP contribution in [0, 0.1) is 19.8 Å². The third kappa shape index (κ3) is 3.80. The molecule has 2 N–H and O–H groups in total.